The number of hydrogen-bond donors (Lipinski definition) is 0. The molecule has 0 radical (unpaired) electrons. The highest BCUT2D eigenvalue weighted by Gasteiger charge is 2.45. The van der Waals surface area contributed by atoms with Gasteiger partial charge in [0.15, 0.2) is 0 Å². The first-order valence-corrected chi connectivity index (χ1v) is 13.2. The van der Waals surface area contributed by atoms with Gasteiger partial charge in [-0.2, -0.15) is 0 Å². The second-order valence-electron chi connectivity index (χ2n) is 10.7. The fraction of sp³-hybridized carbons (Fsp3) is 1.00. The van der Waals surface area contributed by atoms with E-state index in [1.165, 1.54) is 0 Å². The maximum absolute atomic E-state index is 6.45. The summed E-state index contributed by atoms with van der Waals surface area (Å²) in [5.41, 5.74) is -0.221. The molecule has 0 aliphatic rings. The lowest BCUT2D eigenvalue weighted by Crippen LogP contribution is -2.54. The summed E-state index contributed by atoms with van der Waals surface area (Å²) in [7, 11) is -4.45. The Balaban J connectivity index is 5.47. The molecular weight excluding hydrogens is 336 g/mol. The monoisotopic (exact) mass is 378 g/mol. The van der Waals surface area contributed by atoms with Gasteiger partial charge in [-0.25, -0.2) is 0 Å². The van der Waals surface area contributed by atoms with Crippen molar-refractivity contribution in [1.82, 2.24) is 0 Å². The average Bonchev–Trinajstić information content (AvgIpc) is 2.00. The molecule has 4 nitrogen and oxygen atoms in total. The molecule has 0 saturated carbocycles. The van der Waals surface area contributed by atoms with Crippen LogP contribution in [0.1, 0.15) is 83.1 Å². The molecule has 0 aliphatic heterocycles. The first kappa shape index (κ1) is 24.3. The van der Waals surface area contributed by atoms with Crippen molar-refractivity contribution in [1.29, 1.82) is 0 Å². The van der Waals surface area contributed by atoms with Crippen molar-refractivity contribution in [3.63, 3.8) is 0 Å². The molecule has 0 atom stereocenters. The van der Waals surface area contributed by atoms with Gasteiger partial charge >= 0.3 is 17.8 Å². The van der Waals surface area contributed by atoms with Crippen molar-refractivity contribution >= 4 is 17.8 Å². The van der Waals surface area contributed by atoms with Crippen LogP contribution in [0.2, 0.25) is 12.2 Å². The molecule has 0 N–H and O–H groups in total. The molecule has 0 aromatic heterocycles. The van der Waals surface area contributed by atoms with Gasteiger partial charge in [-0.3, -0.25) is 0 Å². The van der Waals surface area contributed by atoms with Crippen molar-refractivity contribution in [2.75, 3.05) is 0 Å². The molecule has 6 heteroatoms. The second-order valence-corrected chi connectivity index (χ2v) is 16.3. The summed E-state index contributed by atoms with van der Waals surface area (Å²) in [6.45, 7) is 27.1. The molecule has 24 heavy (non-hydrogen) atoms. The van der Waals surface area contributed by atoms with Crippen LogP contribution in [-0.2, 0) is 17.7 Å². The first-order valence-electron chi connectivity index (χ1n) is 8.96. The Morgan fingerprint density at radius 1 is 0.583 bits per heavy atom. The summed E-state index contributed by atoms with van der Waals surface area (Å²) in [5.74, 6) is 0. The van der Waals surface area contributed by atoms with Gasteiger partial charge in [0.2, 0.25) is 0 Å². The molecule has 0 bridgehead atoms. The Kier molecular flexibility index (Phi) is 7.97. The van der Waals surface area contributed by atoms with E-state index < -0.39 is 17.8 Å². The average molecular weight is 379 g/mol. The maximum atomic E-state index is 6.45. The normalized spacial score (nSPS) is 15.2. The molecule has 0 rings (SSSR count). The predicted molar refractivity (Wildman–Crippen MR) is 107 cm³/mol. The Morgan fingerprint density at radius 3 is 1.08 bits per heavy atom. The SMILES string of the molecule is CC(C)(C)O[SiH](C[Si](C)(OC(C)(C)C)OC(C)(C)C)OC(C)(C)C. The van der Waals surface area contributed by atoms with E-state index in [-0.39, 0.29) is 22.4 Å². The van der Waals surface area contributed by atoms with Gasteiger partial charge in [-0.05, 0) is 89.6 Å². The summed E-state index contributed by atoms with van der Waals surface area (Å²) >= 11 is 0. The van der Waals surface area contributed by atoms with E-state index in [4.69, 9.17) is 17.7 Å². The molecule has 0 aliphatic carbocycles. The van der Waals surface area contributed by atoms with E-state index in [0.29, 0.717) is 0 Å². The third-order valence-electron chi connectivity index (χ3n) is 2.55. The van der Waals surface area contributed by atoms with Crippen molar-refractivity contribution in [3.05, 3.63) is 0 Å². The van der Waals surface area contributed by atoms with Crippen LogP contribution in [0.4, 0.5) is 0 Å². The molecule has 0 aromatic carbocycles. The van der Waals surface area contributed by atoms with Gasteiger partial charge in [-0.15, -0.1) is 0 Å². The minimum absolute atomic E-state index is 0.235. The third-order valence-corrected chi connectivity index (χ3v) is 10.9. The van der Waals surface area contributed by atoms with E-state index in [1.54, 1.807) is 0 Å². The topological polar surface area (TPSA) is 36.9 Å². The minimum Gasteiger partial charge on any atom is -0.392 e. The van der Waals surface area contributed by atoms with Crippen LogP contribution in [0.25, 0.3) is 0 Å². The van der Waals surface area contributed by atoms with Crippen LogP contribution in [0.5, 0.6) is 0 Å². The molecule has 0 amide bonds. The molecule has 0 unspecified atom stereocenters. The Bertz CT molecular complexity index is 352. The van der Waals surface area contributed by atoms with Crippen molar-refractivity contribution < 1.29 is 17.7 Å². The van der Waals surface area contributed by atoms with Crippen LogP contribution < -0.4 is 0 Å². The van der Waals surface area contributed by atoms with Crippen LogP contribution >= 0.6 is 0 Å². The van der Waals surface area contributed by atoms with Crippen LogP contribution in [0, 0.1) is 0 Å². The summed E-state index contributed by atoms with van der Waals surface area (Å²) in [5, 5.41) is 0. The summed E-state index contributed by atoms with van der Waals surface area (Å²) in [6.07, 6.45) is 0. The zero-order valence-corrected chi connectivity index (χ0v) is 20.6. The first-order chi connectivity index (χ1) is 10.2. The van der Waals surface area contributed by atoms with Gasteiger partial charge in [0.05, 0.1) is 11.2 Å². The predicted octanol–water partition coefficient (Wildman–Crippen LogP) is 5.08. The molecule has 0 aromatic rings. The molecule has 0 spiro atoms. The standard InChI is InChI=1S/C18H42O4Si2/c1-15(2,3)19-23(20-16(4,5)6)14-24(13,21-17(7,8)9)22-18(10,11)12/h23H,14H2,1-13H3. The highest BCUT2D eigenvalue weighted by molar-refractivity contribution is 6.77. The fourth-order valence-electron chi connectivity index (χ4n) is 2.60. The van der Waals surface area contributed by atoms with E-state index in [1.807, 2.05) is 0 Å². The molecule has 0 saturated heterocycles. The minimum atomic E-state index is -2.47. The van der Waals surface area contributed by atoms with Crippen molar-refractivity contribution in [2.24, 2.45) is 0 Å². The van der Waals surface area contributed by atoms with E-state index >= 15 is 0 Å². The van der Waals surface area contributed by atoms with Gasteiger partial charge in [0, 0.05) is 16.9 Å². The van der Waals surface area contributed by atoms with Crippen molar-refractivity contribution in [2.45, 2.75) is 118 Å². The van der Waals surface area contributed by atoms with Gasteiger partial charge in [0.25, 0.3) is 0 Å². The maximum Gasteiger partial charge on any atom is 0.337 e. The van der Waals surface area contributed by atoms with Crippen LogP contribution in [-0.4, -0.2) is 40.2 Å². The highest BCUT2D eigenvalue weighted by Crippen LogP contribution is 2.30. The van der Waals surface area contributed by atoms with Gasteiger partial charge in [-0.1, -0.05) is 0 Å². The Morgan fingerprint density at radius 2 is 0.875 bits per heavy atom. The van der Waals surface area contributed by atoms with E-state index in [0.717, 1.165) is 5.67 Å². The lowest BCUT2D eigenvalue weighted by atomic mass is 10.2. The van der Waals surface area contributed by atoms with E-state index in [9.17, 15) is 0 Å². The summed E-state index contributed by atoms with van der Waals surface area (Å²) < 4.78 is 25.6. The molecular formula is C18H42O4Si2. The fourth-order valence-corrected chi connectivity index (χ4v) is 10.6. The second kappa shape index (κ2) is 7.88. The van der Waals surface area contributed by atoms with Crippen molar-refractivity contribution in [3.8, 4) is 0 Å². The smallest absolute Gasteiger partial charge is 0.337 e. The third kappa shape index (κ3) is 13.6. The lowest BCUT2D eigenvalue weighted by Gasteiger charge is -2.41. The van der Waals surface area contributed by atoms with Gasteiger partial charge < -0.3 is 17.7 Å². The highest BCUT2D eigenvalue weighted by atomic mass is 28.4. The Hall–Kier alpha value is 0.274. The van der Waals surface area contributed by atoms with Crippen LogP contribution in [0.15, 0.2) is 0 Å². The summed E-state index contributed by atoms with van der Waals surface area (Å²) in [4.78, 5) is 0. The number of hydrogen-bond acceptors (Lipinski definition) is 4. The zero-order valence-electron chi connectivity index (χ0n) is 18.4. The largest absolute Gasteiger partial charge is 0.392 e. The Labute approximate surface area is 153 Å². The molecule has 146 valence electrons. The molecule has 0 heterocycles. The van der Waals surface area contributed by atoms with Gasteiger partial charge in [0.1, 0.15) is 0 Å². The zero-order chi connectivity index (χ0) is 19.6. The lowest BCUT2D eigenvalue weighted by molar-refractivity contribution is 0.0114. The quantitative estimate of drug-likeness (QED) is 0.604. The van der Waals surface area contributed by atoms with E-state index in [2.05, 4.69) is 89.6 Å². The summed E-state index contributed by atoms with van der Waals surface area (Å²) in [6, 6.07) is 0. The number of rotatable bonds is 6. The van der Waals surface area contributed by atoms with Crippen LogP contribution in [0.3, 0.4) is 0 Å². The molecule has 0 fully saturated rings.